The van der Waals surface area contributed by atoms with Gasteiger partial charge in [0.05, 0.1) is 17.2 Å². The fourth-order valence-corrected chi connectivity index (χ4v) is 4.33. The lowest BCUT2D eigenvalue weighted by molar-refractivity contribution is 0.143. The van der Waals surface area contributed by atoms with Crippen LogP contribution < -0.4 is 10.9 Å². The van der Waals surface area contributed by atoms with E-state index in [1.807, 2.05) is 30.3 Å². The standard InChI is InChI=1S/C28H23N3O3/c1-31-18-30-26-14-13-19(16-24(26)27(31)32)8-6-7-15-29-28(33)34-17-25-22-11-4-2-9-20(22)21-10-3-5-12-23(21)25/h2-5,9-14,16,18,25H,7,15,17H2,1H3,(H,29,33). The van der Waals surface area contributed by atoms with Crippen LogP contribution in [0.3, 0.4) is 0 Å². The van der Waals surface area contributed by atoms with Crippen LogP contribution in [0.5, 0.6) is 0 Å². The van der Waals surface area contributed by atoms with Gasteiger partial charge in [-0.25, -0.2) is 9.78 Å². The fraction of sp³-hybridized carbons (Fsp3) is 0.179. The van der Waals surface area contributed by atoms with Crippen LogP contribution in [0.1, 0.15) is 29.0 Å². The first-order chi connectivity index (χ1) is 16.6. The van der Waals surface area contributed by atoms with E-state index >= 15 is 0 Å². The maximum atomic E-state index is 12.2. The Morgan fingerprint density at radius 3 is 2.50 bits per heavy atom. The molecule has 0 bridgehead atoms. The number of ether oxygens (including phenoxy) is 1. The molecule has 168 valence electrons. The third kappa shape index (κ3) is 4.16. The van der Waals surface area contributed by atoms with Crippen molar-refractivity contribution in [2.75, 3.05) is 13.2 Å². The van der Waals surface area contributed by atoms with E-state index in [2.05, 4.69) is 46.4 Å². The Hall–Kier alpha value is -4.37. The van der Waals surface area contributed by atoms with Crippen molar-refractivity contribution in [2.45, 2.75) is 12.3 Å². The number of fused-ring (bicyclic) bond motifs is 4. The van der Waals surface area contributed by atoms with Crippen molar-refractivity contribution >= 4 is 17.0 Å². The normalized spacial score (nSPS) is 11.9. The number of nitrogens with one attached hydrogen (secondary N) is 1. The van der Waals surface area contributed by atoms with E-state index in [9.17, 15) is 9.59 Å². The molecule has 0 atom stereocenters. The van der Waals surface area contributed by atoms with Gasteiger partial charge >= 0.3 is 6.09 Å². The number of hydrogen-bond acceptors (Lipinski definition) is 4. The third-order valence-corrected chi connectivity index (χ3v) is 6.01. The van der Waals surface area contributed by atoms with Crippen molar-refractivity contribution in [3.63, 3.8) is 0 Å². The summed E-state index contributed by atoms with van der Waals surface area (Å²) in [6.07, 6.45) is 1.52. The molecule has 6 nitrogen and oxygen atoms in total. The number of aromatic nitrogens is 2. The van der Waals surface area contributed by atoms with Gasteiger partial charge in [-0.1, -0.05) is 60.4 Å². The van der Waals surface area contributed by atoms with Gasteiger partial charge in [0.15, 0.2) is 0 Å². The van der Waals surface area contributed by atoms with Gasteiger partial charge in [0, 0.05) is 31.5 Å². The van der Waals surface area contributed by atoms with E-state index in [1.165, 1.54) is 33.1 Å². The quantitative estimate of drug-likeness (QED) is 0.374. The minimum atomic E-state index is -0.455. The molecule has 0 spiro atoms. The highest BCUT2D eigenvalue weighted by atomic mass is 16.5. The average molecular weight is 450 g/mol. The summed E-state index contributed by atoms with van der Waals surface area (Å²) in [6.45, 7) is 0.659. The summed E-state index contributed by atoms with van der Waals surface area (Å²) < 4.78 is 6.98. The highest BCUT2D eigenvalue weighted by Gasteiger charge is 2.28. The van der Waals surface area contributed by atoms with Crippen LogP contribution in [0.2, 0.25) is 0 Å². The monoisotopic (exact) mass is 449 g/mol. The Morgan fingerprint density at radius 2 is 1.76 bits per heavy atom. The van der Waals surface area contributed by atoms with Gasteiger partial charge < -0.3 is 14.6 Å². The van der Waals surface area contributed by atoms with Crippen LogP contribution in [0, 0.1) is 11.8 Å². The Labute approximate surface area is 197 Å². The summed E-state index contributed by atoms with van der Waals surface area (Å²) in [7, 11) is 1.67. The Bertz CT molecular complexity index is 1470. The Balaban J connectivity index is 1.15. The first-order valence-electron chi connectivity index (χ1n) is 11.1. The molecule has 0 radical (unpaired) electrons. The van der Waals surface area contributed by atoms with Gasteiger partial charge in [-0.3, -0.25) is 4.79 Å². The number of carbonyl (C=O) groups is 1. The van der Waals surface area contributed by atoms with E-state index in [0.29, 0.717) is 23.9 Å². The summed E-state index contributed by atoms with van der Waals surface area (Å²) in [5, 5.41) is 3.30. The van der Waals surface area contributed by atoms with Gasteiger partial charge in [0.25, 0.3) is 5.56 Å². The Kier molecular flexibility index (Phi) is 5.84. The maximum absolute atomic E-state index is 12.2. The van der Waals surface area contributed by atoms with E-state index in [1.54, 1.807) is 19.2 Å². The van der Waals surface area contributed by atoms with Gasteiger partial charge in [0.1, 0.15) is 6.61 Å². The van der Waals surface area contributed by atoms with Crippen molar-refractivity contribution in [3.8, 4) is 23.0 Å². The molecule has 0 unspecified atom stereocenters. The van der Waals surface area contributed by atoms with Crippen molar-refractivity contribution in [1.29, 1.82) is 0 Å². The minimum absolute atomic E-state index is 0.0352. The highest BCUT2D eigenvalue weighted by molar-refractivity contribution is 5.80. The number of alkyl carbamates (subject to hydrolysis) is 1. The van der Waals surface area contributed by atoms with Gasteiger partial charge in [-0.05, 0) is 40.5 Å². The van der Waals surface area contributed by atoms with E-state index in [0.717, 1.165) is 5.56 Å². The number of hydrogen-bond donors (Lipinski definition) is 1. The lowest BCUT2D eigenvalue weighted by atomic mass is 9.98. The Morgan fingerprint density at radius 1 is 1.06 bits per heavy atom. The zero-order chi connectivity index (χ0) is 23.5. The molecule has 6 heteroatoms. The number of benzene rings is 3. The molecule has 1 aromatic heterocycles. The number of aryl methyl sites for hydroxylation is 1. The molecular formula is C28H23N3O3. The molecular weight excluding hydrogens is 426 g/mol. The van der Waals surface area contributed by atoms with Crippen LogP contribution in [0.4, 0.5) is 4.79 Å². The third-order valence-electron chi connectivity index (χ3n) is 6.01. The molecule has 1 amide bonds. The molecule has 0 saturated carbocycles. The zero-order valence-electron chi connectivity index (χ0n) is 18.7. The molecule has 1 aliphatic carbocycles. The van der Waals surface area contributed by atoms with Crippen LogP contribution in [0.15, 0.2) is 77.9 Å². The second kappa shape index (κ2) is 9.24. The first kappa shape index (κ1) is 21.5. The predicted octanol–water partition coefficient (Wildman–Crippen LogP) is 4.21. The van der Waals surface area contributed by atoms with Gasteiger partial charge in [0.2, 0.25) is 0 Å². The van der Waals surface area contributed by atoms with E-state index in [-0.39, 0.29) is 18.1 Å². The molecule has 3 aromatic carbocycles. The van der Waals surface area contributed by atoms with Crippen LogP contribution in [-0.4, -0.2) is 28.8 Å². The number of carbonyl (C=O) groups excluding carboxylic acids is 1. The van der Waals surface area contributed by atoms with Gasteiger partial charge in [-0.15, -0.1) is 0 Å². The fourth-order valence-electron chi connectivity index (χ4n) is 4.33. The topological polar surface area (TPSA) is 73.2 Å². The van der Waals surface area contributed by atoms with Crippen molar-refractivity contribution < 1.29 is 9.53 Å². The maximum Gasteiger partial charge on any atom is 0.407 e. The van der Waals surface area contributed by atoms with E-state index in [4.69, 9.17) is 4.74 Å². The summed E-state index contributed by atoms with van der Waals surface area (Å²) in [4.78, 5) is 28.7. The van der Waals surface area contributed by atoms with Crippen molar-refractivity contribution in [3.05, 3.63) is 100 Å². The molecule has 4 aromatic rings. The van der Waals surface area contributed by atoms with Crippen LogP contribution in [-0.2, 0) is 11.8 Å². The summed E-state index contributed by atoms with van der Waals surface area (Å²) >= 11 is 0. The molecule has 0 saturated heterocycles. The van der Waals surface area contributed by atoms with Crippen LogP contribution in [0.25, 0.3) is 22.0 Å². The SMILES string of the molecule is Cn1cnc2ccc(C#CCCNC(=O)OCC3c4ccccc4-c4ccccc43)cc2c1=O. The number of nitrogens with zero attached hydrogens (tertiary/aromatic N) is 2. The smallest absolute Gasteiger partial charge is 0.407 e. The molecule has 0 aliphatic heterocycles. The van der Waals surface area contributed by atoms with Crippen LogP contribution >= 0.6 is 0 Å². The van der Waals surface area contributed by atoms with Crippen molar-refractivity contribution in [2.24, 2.45) is 7.05 Å². The van der Waals surface area contributed by atoms with E-state index < -0.39 is 6.09 Å². The first-order valence-corrected chi connectivity index (χ1v) is 11.1. The molecule has 1 N–H and O–H groups in total. The highest BCUT2D eigenvalue weighted by Crippen LogP contribution is 2.44. The van der Waals surface area contributed by atoms with Gasteiger partial charge in [-0.2, -0.15) is 0 Å². The lowest BCUT2D eigenvalue weighted by Crippen LogP contribution is -2.26. The van der Waals surface area contributed by atoms with Crippen molar-refractivity contribution in [1.82, 2.24) is 14.9 Å². The second-order valence-corrected chi connectivity index (χ2v) is 8.20. The molecule has 1 aliphatic rings. The summed E-state index contributed by atoms with van der Waals surface area (Å²) in [6, 6.07) is 21.9. The predicted molar refractivity (Wildman–Crippen MR) is 132 cm³/mol. The molecule has 34 heavy (non-hydrogen) atoms. The number of amides is 1. The number of rotatable bonds is 4. The molecule has 0 fully saturated rings. The average Bonchev–Trinajstić information content (AvgIpc) is 3.19. The largest absolute Gasteiger partial charge is 0.449 e. The lowest BCUT2D eigenvalue weighted by Gasteiger charge is -2.14. The second-order valence-electron chi connectivity index (χ2n) is 8.20. The minimum Gasteiger partial charge on any atom is -0.449 e. The zero-order valence-corrected chi connectivity index (χ0v) is 18.7. The summed E-state index contributed by atoms with van der Waals surface area (Å²) in [5.41, 5.74) is 6.04. The summed E-state index contributed by atoms with van der Waals surface area (Å²) in [5.74, 6) is 6.10. The molecule has 5 rings (SSSR count). The molecule has 1 heterocycles.